The lowest BCUT2D eigenvalue weighted by Gasteiger charge is -2.01. The van der Waals surface area contributed by atoms with Crippen LogP contribution in [0.1, 0.15) is 34.3 Å². The molecule has 1 aromatic carbocycles. The van der Waals surface area contributed by atoms with E-state index in [0.29, 0.717) is 5.69 Å². The molecule has 0 atom stereocenters. The Kier molecular flexibility index (Phi) is 5.12. The number of hydrogen-bond acceptors (Lipinski definition) is 4. The predicted molar refractivity (Wildman–Crippen MR) is 102 cm³/mol. The molecule has 132 valence electrons. The highest BCUT2D eigenvalue weighted by atomic mass is 16.3. The minimum Gasteiger partial charge on any atom is -0.465 e. The van der Waals surface area contributed by atoms with Crippen LogP contribution in [0.3, 0.4) is 0 Å². The van der Waals surface area contributed by atoms with Gasteiger partial charge in [-0.2, -0.15) is 10.2 Å². The summed E-state index contributed by atoms with van der Waals surface area (Å²) in [6.07, 6.45) is 4.98. The van der Waals surface area contributed by atoms with E-state index in [1.807, 2.05) is 50.3 Å². The van der Waals surface area contributed by atoms with Crippen molar-refractivity contribution >= 4 is 18.2 Å². The monoisotopic (exact) mass is 348 g/mol. The van der Waals surface area contributed by atoms with E-state index in [2.05, 4.69) is 27.6 Å². The Morgan fingerprint density at radius 2 is 2.08 bits per heavy atom. The van der Waals surface area contributed by atoms with E-state index >= 15 is 0 Å². The number of allylic oxidation sites excluding steroid dienone is 1. The first-order chi connectivity index (χ1) is 12.5. The molecule has 0 aliphatic heterocycles. The van der Waals surface area contributed by atoms with Crippen molar-refractivity contribution in [1.82, 2.24) is 15.6 Å². The first-order valence-electron chi connectivity index (χ1n) is 8.21. The van der Waals surface area contributed by atoms with E-state index in [1.54, 1.807) is 18.5 Å². The minimum atomic E-state index is -0.352. The van der Waals surface area contributed by atoms with Crippen molar-refractivity contribution in [3.05, 3.63) is 70.8 Å². The molecule has 0 unspecified atom stereocenters. The maximum absolute atomic E-state index is 12.2. The van der Waals surface area contributed by atoms with Crippen molar-refractivity contribution in [2.24, 2.45) is 5.10 Å². The summed E-state index contributed by atoms with van der Waals surface area (Å²) in [6.45, 7) is 5.97. The summed E-state index contributed by atoms with van der Waals surface area (Å²) < 4.78 is 5.22. The fourth-order valence-corrected chi connectivity index (χ4v) is 2.37. The zero-order valence-corrected chi connectivity index (χ0v) is 14.9. The van der Waals surface area contributed by atoms with Gasteiger partial charge < -0.3 is 4.42 Å². The van der Waals surface area contributed by atoms with Gasteiger partial charge in [0.1, 0.15) is 11.5 Å². The Bertz CT molecular complexity index is 966. The van der Waals surface area contributed by atoms with Crippen LogP contribution >= 0.6 is 0 Å². The quantitative estimate of drug-likeness (QED) is 0.538. The number of furan rings is 1. The molecule has 2 heterocycles. The molecule has 6 nitrogen and oxygen atoms in total. The number of nitrogens with one attached hydrogen (secondary N) is 2. The largest absolute Gasteiger partial charge is 0.465 e. The van der Waals surface area contributed by atoms with Crippen LogP contribution in [-0.4, -0.2) is 22.3 Å². The van der Waals surface area contributed by atoms with Gasteiger partial charge in [0.15, 0.2) is 0 Å². The molecule has 3 aromatic rings. The van der Waals surface area contributed by atoms with Gasteiger partial charge in [-0.15, -0.1) is 0 Å². The minimum absolute atomic E-state index is 0.350. The second kappa shape index (κ2) is 7.65. The average Bonchev–Trinajstić information content (AvgIpc) is 3.29. The Morgan fingerprint density at radius 3 is 2.81 bits per heavy atom. The van der Waals surface area contributed by atoms with Crippen LogP contribution in [0.25, 0.3) is 17.3 Å². The number of rotatable bonds is 5. The average molecular weight is 348 g/mol. The van der Waals surface area contributed by atoms with Gasteiger partial charge in [-0.25, -0.2) is 5.43 Å². The molecule has 3 rings (SSSR count). The van der Waals surface area contributed by atoms with Crippen molar-refractivity contribution in [3.8, 4) is 11.3 Å². The zero-order valence-electron chi connectivity index (χ0n) is 14.9. The molecule has 0 aliphatic rings. The van der Waals surface area contributed by atoms with Gasteiger partial charge in [-0.3, -0.25) is 9.89 Å². The van der Waals surface area contributed by atoms with E-state index < -0.39 is 0 Å². The maximum Gasteiger partial charge on any atom is 0.289 e. The highest BCUT2D eigenvalue weighted by Gasteiger charge is 2.10. The van der Waals surface area contributed by atoms with Gasteiger partial charge in [0, 0.05) is 5.56 Å². The van der Waals surface area contributed by atoms with E-state index in [-0.39, 0.29) is 5.91 Å². The Morgan fingerprint density at radius 1 is 1.23 bits per heavy atom. The van der Waals surface area contributed by atoms with Gasteiger partial charge in [0.2, 0.25) is 0 Å². The van der Waals surface area contributed by atoms with Crippen LogP contribution in [-0.2, 0) is 0 Å². The second-order valence-corrected chi connectivity index (χ2v) is 6.07. The lowest BCUT2D eigenvalue weighted by atomic mass is 10.0. The van der Waals surface area contributed by atoms with Gasteiger partial charge in [0.25, 0.3) is 5.91 Å². The van der Waals surface area contributed by atoms with Crippen LogP contribution in [0.2, 0.25) is 0 Å². The summed E-state index contributed by atoms with van der Waals surface area (Å²) >= 11 is 0. The SMILES string of the molecule is CC(/C=N\NC(=O)c1cc(-c2ccc(C)c(C)c2)n[nH]1)=C/c1ccco1. The summed E-state index contributed by atoms with van der Waals surface area (Å²) in [7, 11) is 0. The molecular formula is C20H20N4O2. The van der Waals surface area contributed by atoms with E-state index in [9.17, 15) is 4.79 Å². The van der Waals surface area contributed by atoms with Gasteiger partial charge >= 0.3 is 0 Å². The van der Waals surface area contributed by atoms with E-state index in [1.165, 1.54) is 11.1 Å². The number of nitrogens with zero attached hydrogens (tertiary/aromatic N) is 2. The fraction of sp³-hybridized carbons (Fsp3) is 0.150. The predicted octanol–water partition coefficient (Wildman–Crippen LogP) is 4.11. The molecule has 2 N–H and O–H groups in total. The molecule has 26 heavy (non-hydrogen) atoms. The summed E-state index contributed by atoms with van der Waals surface area (Å²) in [4.78, 5) is 12.2. The van der Waals surface area contributed by atoms with Gasteiger partial charge in [-0.05, 0) is 67.8 Å². The van der Waals surface area contributed by atoms with E-state index in [0.717, 1.165) is 22.6 Å². The molecule has 0 aliphatic carbocycles. The van der Waals surface area contributed by atoms with Crippen LogP contribution in [0.5, 0.6) is 0 Å². The normalized spacial score (nSPS) is 11.9. The number of carbonyl (C=O) groups is 1. The number of aryl methyl sites for hydroxylation is 2. The lowest BCUT2D eigenvalue weighted by molar-refractivity contribution is 0.0950. The Hall–Kier alpha value is -3.41. The first kappa shape index (κ1) is 17.4. The van der Waals surface area contributed by atoms with Crippen molar-refractivity contribution in [1.29, 1.82) is 0 Å². The molecule has 0 saturated carbocycles. The number of benzene rings is 1. The Balaban J connectivity index is 1.64. The molecule has 0 fully saturated rings. The number of aromatic amines is 1. The first-order valence-corrected chi connectivity index (χ1v) is 8.21. The van der Waals surface area contributed by atoms with Gasteiger partial charge in [-0.1, -0.05) is 12.1 Å². The number of H-pyrrole nitrogens is 1. The summed E-state index contributed by atoms with van der Waals surface area (Å²) in [5, 5.41) is 10.9. The van der Waals surface area contributed by atoms with Crippen molar-refractivity contribution in [3.63, 3.8) is 0 Å². The number of hydrazone groups is 1. The highest BCUT2D eigenvalue weighted by Crippen LogP contribution is 2.20. The number of carbonyl (C=O) groups excluding carboxylic acids is 1. The molecule has 6 heteroatoms. The third kappa shape index (κ3) is 4.16. The molecule has 0 bridgehead atoms. The summed E-state index contributed by atoms with van der Waals surface area (Å²) in [5.74, 6) is 0.376. The van der Waals surface area contributed by atoms with Crippen molar-refractivity contribution < 1.29 is 9.21 Å². The molecule has 0 saturated heterocycles. The number of amides is 1. The maximum atomic E-state index is 12.2. The third-order valence-electron chi connectivity index (χ3n) is 3.97. The lowest BCUT2D eigenvalue weighted by Crippen LogP contribution is -2.17. The topological polar surface area (TPSA) is 83.3 Å². The molecule has 0 spiro atoms. The second-order valence-electron chi connectivity index (χ2n) is 6.07. The van der Waals surface area contributed by atoms with Crippen molar-refractivity contribution in [2.45, 2.75) is 20.8 Å². The number of hydrogen-bond donors (Lipinski definition) is 2. The summed E-state index contributed by atoms with van der Waals surface area (Å²) in [5.41, 5.74) is 7.76. The molecule has 1 amide bonds. The third-order valence-corrected chi connectivity index (χ3v) is 3.97. The van der Waals surface area contributed by atoms with Crippen LogP contribution < -0.4 is 5.43 Å². The zero-order chi connectivity index (χ0) is 18.5. The van der Waals surface area contributed by atoms with Gasteiger partial charge in [0.05, 0.1) is 18.2 Å². The molecular weight excluding hydrogens is 328 g/mol. The van der Waals surface area contributed by atoms with Crippen molar-refractivity contribution in [2.75, 3.05) is 0 Å². The smallest absolute Gasteiger partial charge is 0.289 e. The van der Waals surface area contributed by atoms with E-state index in [4.69, 9.17) is 4.42 Å². The Labute approximate surface area is 151 Å². The standard InChI is InChI=1S/C20H20N4O2/c1-13(9-17-5-4-8-26-17)12-21-24-20(25)19-11-18(22-23-19)16-7-6-14(2)15(3)10-16/h4-12H,1-3H3,(H,22,23)(H,24,25)/b13-9-,21-12-. The van der Waals surface area contributed by atoms with Crippen LogP contribution in [0.4, 0.5) is 0 Å². The summed E-state index contributed by atoms with van der Waals surface area (Å²) in [6, 6.07) is 11.4. The van der Waals surface area contributed by atoms with Crippen LogP contribution in [0, 0.1) is 13.8 Å². The number of aromatic nitrogens is 2. The fourth-order valence-electron chi connectivity index (χ4n) is 2.37. The van der Waals surface area contributed by atoms with Crippen LogP contribution in [0.15, 0.2) is 57.8 Å². The highest BCUT2D eigenvalue weighted by molar-refractivity contribution is 5.94. The molecule has 2 aromatic heterocycles. The molecule has 0 radical (unpaired) electrons.